The molecule has 3 amide bonds. The first-order valence-corrected chi connectivity index (χ1v) is 14.8. The lowest BCUT2D eigenvalue weighted by molar-refractivity contribution is -0.203. The Morgan fingerprint density at radius 3 is 2.49 bits per heavy atom. The number of hydrogen-bond acceptors (Lipinski definition) is 7. The molecule has 0 radical (unpaired) electrons. The van der Waals surface area contributed by atoms with Crippen LogP contribution in [0, 0.1) is 23.2 Å². The van der Waals surface area contributed by atoms with Crippen molar-refractivity contribution in [1.29, 1.82) is 0 Å². The van der Waals surface area contributed by atoms with E-state index in [1.165, 1.54) is 16.8 Å². The molecule has 13 nitrogen and oxygen atoms in total. The molecule has 0 aromatic carbocycles. The van der Waals surface area contributed by atoms with E-state index in [0.29, 0.717) is 23.9 Å². The van der Waals surface area contributed by atoms with Crippen LogP contribution in [0.15, 0.2) is 30.7 Å². The van der Waals surface area contributed by atoms with E-state index < -0.39 is 60.9 Å². The number of carbonyl (C=O) groups is 4. The molecular formula is C29H34F3N7O6. The summed E-state index contributed by atoms with van der Waals surface area (Å²) >= 11 is 0. The average molecular weight is 634 g/mol. The van der Waals surface area contributed by atoms with Gasteiger partial charge in [0.2, 0.25) is 5.91 Å². The number of carboxylic acid groups (broad SMARTS) is 2. The molecule has 1 unspecified atom stereocenters. The molecule has 1 aliphatic carbocycles. The zero-order chi connectivity index (χ0) is 32.7. The Bertz CT molecular complexity index is 1610. The van der Waals surface area contributed by atoms with E-state index in [-0.39, 0.29) is 27.9 Å². The van der Waals surface area contributed by atoms with Crippen molar-refractivity contribution >= 4 is 29.5 Å². The number of nitrogens with zero attached hydrogens (tertiary/aromatic N) is 6. The van der Waals surface area contributed by atoms with Crippen molar-refractivity contribution < 1.29 is 42.6 Å². The summed E-state index contributed by atoms with van der Waals surface area (Å²) in [6, 6.07) is 2.53. The number of fused-ring (bicyclic) bond motifs is 1. The molecule has 1 saturated heterocycles. The summed E-state index contributed by atoms with van der Waals surface area (Å²) in [5.74, 6) is -5.38. The Hall–Kier alpha value is -4.50. The topological polar surface area (TPSA) is 172 Å². The van der Waals surface area contributed by atoms with Crippen LogP contribution in [0.1, 0.15) is 73.7 Å². The number of halogens is 3. The third-order valence-corrected chi connectivity index (χ3v) is 9.04. The second-order valence-electron chi connectivity index (χ2n) is 12.0. The molecule has 2 aliphatic rings. The molecule has 4 heterocycles. The number of carboxylic acids is 1. The van der Waals surface area contributed by atoms with Crippen molar-refractivity contribution in [2.24, 2.45) is 23.2 Å². The first-order chi connectivity index (χ1) is 21.2. The molecule has 3 N–H and O–H groups in total. The monoisotopic (exact) mass is 633 g/mol. The number of imide groups is 1. The van der Waals surface area contributed by atoms with Gasteiger partial charge in [-0.05, 0) is 62.1 Å². The Morgan fingerprint density at radius 2 is 1.87 bits per heavy atom. The SMILES string of the molecule is CCn1nccc1C(=O)N[C@H](c1cn2ncc(CC3(C(=O)O)C[C@@H](C(F)(F)F)CN(C(=O)O)C3=O)cc2n1)C1CCC(C)CC1. The van der Waals surface area contributed by atoms with Gasteiger partial charge in [-0.1, -0.05) is 19.8 Å². The number of imidazole rings is 1. The molecule has 1 saturated carbocycles. The van der Waals surface area contributed by atoms with Gasteiger partial charge in [-0.3, -0.25) is 19.1 Å². The lowest BCUT2D eigenvalue weighted by Gasteiger charge is -2.41. The van der Waals surface area contributed by atoms with Gasteiger partial charge in [-0.25, -0.2) is 19.2 Å². The predicted octanol–water partition coefficient (Wildman–Crippen LogP) is 3.95. The molecule has 3 aromatic rings. The largest absolute Gasteiger partial charge is 0.480 e. The van der Waals surface area contributed by atoms with Gasteiger partial charge in [-0.15, -0.1) is 0 Å². The molecule has 3 atom stereocenters. The maximum absolute atomic E-state index is 13.8. The van der Waals surface area contributed by atoms with Crippen LogP contribution >= 0.6 is 0 Å². The van der Waals surface area contributed by atoms with Crippen molar-refractivity contribution in [3.63, 3.8) is 0 Å². The van der Waals surface area contributed by atoms with Crippen LogP contribution in [0.4, 0.5) is 18.0 Å². The Labute approximate surface area is 255 Å². The third kappa shape index (κ3) is 6.22. The van der Waals surface area contributed by atoms with Crippen molar-refractivity contribution in [2.75, 3.05) is 6.54 Å². The van der Waals surface area contributed by atoms with Crippen LogP contribution in [0.2, 0.25) is 0 Å². The number of aromatic nitrogens is 5. The molecule has 242 valence electrons. The number of aliphatic carboxylic acids is 1. The summed E-state index contributed by atoms with van der Waals surface area (Å²) in [4.78, 5) is 55.1. The highest BCUT2D eigenvalue weighted by molar-refractivity contribution is 6.07. The number of nitrogens with one attached hydrogen (secondary N) is 1. The highest BCUT2D eigenvalue weighted by atomic mass is 19.4. The fraction of sp³-hybridized carbons (Fsp3) is 0.552. The lowest BCUT2D eigenvalue weighted by atomic mass is 9.71. The van der Waals surface area contributed by atoms with Crippen LogP contribution in [0.5, 0.6) is 0 Å². The molecule has 16 heteroatoms. The number of likely N-dealkylation sites (tertiary alicyclic amines) is 1. The van der Waals surface area contributed by atoms with E-state index in [4.69, 9.17) is 0 Å². The number of amides is 3. The van der Waals surface area contributed by atoms with Gasteiger partial charge < -0.3 is 15.5 Å². The standard InChI is InChI=1S/C29H34F3N7O6/c1-3-38-21(8-9-33-38)24(40)36-23(18-6-4-16(2)5-7-18)20-15-39-22(35-20)10-17(13-34-39)11-28(26(42)43)12-19(29(30,31)32)14-37(25(28)41)27(44)45/h8-10,13,15-16,18-19,23H,3-7,11-12,14H2,1-2H3,(H,36,40)(H,42,43)(H,44,45)/t16?,18?,19-,23+,28?/m1/s1. The van der Waals surface area contributed by atoms with Gasteiger partial charge in [0.25, 0.3) is 5.91 Å². The highest BCUT2D eigenvalue weighted by Crippen LogP contribution is 2.44. The predicted molar refractivity (Wildman–Crippen MR) is 150 cm³/mol. The summed E-state index contributed by atoms with van der Waals surface area (Å²) in [6.45, 7) is 3.36. The summed E-state index contributed by atoms with van der Waals surface area (Å²) in [6.07, 6.45) is -0.733. The first-order valence-electron chi connectivity index (χ1n) is 14.8. The summed E-state index contributed by atoms with van der Waals surface area (Å²) in [5, 5.41) is 31.0. The molecule has 5 rings (SSSR count). The lowest BCUT2D eigenvalue weighted by Crippen LogP contribution is -2.60. The van der Waals surface area contributed by atoms with Crippen LogP contribution in [0.3, 0.4) is 0 Å². The minimum atomic E-state index is -4.93. The van der Waals surface area contributed by atoms with Crippen LogP contribution in [-0.4, -0.2) is 76.1 Å². The molecule has 1 aliphatic heterocycles. The molecule has 3 aromatic heterocycles. The smallest absolute Gasteiger partial charge is 0.414 e. The third-order valence-electron chi connectivity index (χ3n) is 9.04. The van der Waals surface area contributed by atoms with E-state index in [1.54, 1.807) is 23.1 Å². The highest BCUT2D eigenvalue weighted by Gasteiger charge is 2.60. The van der Waals surface area contributed by atoms with E-state index in [2.05, 4.69) is 27.4 Å². The van der Waals surface area contributed by atoms with Gasteiger partial charge in [0.05, 0.1) is 30.0 Å². The van der Waals surface area contributed by atoms with Crippen molar-refractivity contribution in [3.8, 4) is 0 Å². The normalized spacial score (nSPS) is 24.9. The minimum Gasteiger partial charge on any atom is -0.480 e. The average Bonchev–Trinajstić information content (AvgIpc) is 3.63. The Kier molecular flexibility index (Phi) is 8.60. The number of rotatable bonds is 8. The maximum Gasteiger partial charge on any atom is 0.414 e. The van der Waals surface area contributed by atoms with E-state index >= 15 is 0 Å². The molecular weight excluding hydrogens is 599 g/mol. The van der Waals surface area contributed by atoms with Crippen molar-refractivity contribution in [2.45, 2.75) is 71.1 Å². The second-order valence-corrected chi connectivity index (χ2v) is 12.0. The number of alkyl halides is 3. The first kappa shape index (κ1) is 31.9. The summed E-state index contributed by atoms with van der Waals surface area (Å²) in [5.41, 5.74) is -1.51. The quantitative estimate of drug-likeness (QED) is 0.311. The van der Waals surface area contributed by atoms with E-state index in [9.17, 15) is 42.6 Å². The number of hydrogen-bond donors (Lipinski definition) is 3. The number of piperidine rings is 1. The minimum absolute atomic E-state index is 0.0592. The fourth-order valence-corrected chi connectivity index (χ4v) is 6.49. The van der Waals surface area contributed by atoms with Gasteiger partial charge in [0.1, 0.15) is 5.69 Å². The van der Waals surface area contributed by atoms with Crippen molar-refractivity contribution in [1.82, 2.24) is 34.6 Å². The van der Waals surface area contributed by atoms with Gasteiger partial charge in [0.15, 0.2) is 11.1 Å². The van der Waals surface area contributed by atoms with Gasteiger partial charge in [0, 0.05) is 19.3 Å². The van der Waals surface area contributed by atoms with Gasteiger partial charge in [-0.2, -0.15) is 23.4 Å². The molecule has 45 heavy (non-hydrogen) atoms. The van der Waals surface area contributed by atoms with Crippen LogP contribution < -0.4 is 5.32 Å². The Balaban J connectivity index is 1.48. The van der Waals surface area contributed by atoms with Crippen molar-refractivity contribution in [3.05, 3.63) is 47.7 Å². The second kappa shape index (κ2) is 12.1. The zero-order valence-electron chi connectivity index (χ0n) is 24.7. The maximum atomic E-state index is 13.8. The molecule has 2 fully saturated rings. The fourth-order valence-electron chi connectivity index (χ4n) is 6.49. The molecule has 0 spiro atoms. The number of aryl methyl sites for hydroxylation is 1. The Morgan fingerprint density at radius 1 is 1.16 bits per heavy atom. The van der Waals surface area contributed by atoms with Crippen LogP contribution in [0.25, 0.3) is 5.65 Å². The van der Waals surface area contributed by atoms with Gasteiger partial charge >= 0.3 is 18.2 Å². The molecule has 0 bridgehead atoms. The number of carbonyl (C=O) groups excluding carboxylic acids is 2. The zero-order valence-corrected chi connectivity index (χ0v) is 24.7. The summed E-state index contributed by atoms with van der Waals surface area (Å²) < 4.78 is 44.2. The van der Waals surface area contributed by atoms with E-state index in [1.807, 2.05) is 6.92 Å². The van der Waals surface area contributed by atoms with E-state index in [0.717, 1.165) is 25.7 Å². The van der Waals surface area contributed by atoms with Crippen LogP contribution in [-0.2, 0) is 22.6 Å². The summed E-state index contributed by atoms with van der Waals surface area (Å²) in [7, 11) is 0.